The molecule has 1 aromatic carbocycles. The number of fused-ring (bicyclic) bond motifs is 1. The summed E-state index contributed by atoms with van der Waals surface area (Å²) in [7, 11) is 0. The van der Waals surface area contributed by atoms with Crippen molar-refractivity contribution in [2.75, 3.05) is 6.54 Å². The standard InChI is InChI=1S/C15H18ClN3O/c1-10(2)19(9-14(17)20)8-12-13(16)6-5-11-4-3-7-18-15(11)12/h3-7,10H,8-9H2,1-2H3,(H2,17,20). The molecule has 106 valence electrons. The number of carbonyl (C=O) groups is 1. The van der Waals surface area contributed by atoms with Crippen molar-refractivity contribution in [1.82, 2.24) is 9.88 Å². The van der Waals surface area contributed by atoms with Crippen LogP contribution in [0.15, 0.2) is 30.5 Å². The molecular weight excluding hydrogens is 274 g/mol. The highest BCUT2D eigenvalue weighted by Gasteiger charge is 2.16. The summed E-state index contributed by atoms with van der Waals surface area (Å²) in [6, 6.07) is 7.89. The van der Waals surface area contributed by atoms with E-state index >= 15 is 0 Å². The molecule has 2 aromatic rings. The van der Waals surface area contributed by atoms with E-state index in [2.05, 4.69) is 4.98 Å². The summed E-state index contributed by atoms with van der Waals surface area (Å²) in [6.45, 7) is 4.80. The van der Waals surface area contributed by atoms with Crippen molar-refractivity contribution in [2.24, 2.45) is 5.73 Å². The minimum Gasteiger partial charge on any atom is -0.369 e. The number of primary amides is 1. The lowest BCUT2D eigenvalue weighted by Gasteiger charge is -2.25. The van der Waals surface area contributed by atoms with Crippen LogP contribution in [-0.2, 0) is 11.3 Å². The maximum atomic E-state index is 11.2. The van der Waals surface area contributed by atoms with Gasteiger partial charge in [-0.1, -0.05) is 23.7 Å². The molecule has 0 saturated carbocycles. The third-order valence-electron chi connectivity index (χ3n) is 3.27. The molecule has 0 bridgehead atoms. The minimum absolute atomic E-state index is 0.192. The molecule has 1 heterocycles. The van der Waals surface area contributed by atoms with E-state index in [1.54, 1.807) is 6.20 Å². The normalized spacial score (nSPS) is 11.4. The van der Waals surface area contributed by atoms with Gasteiger partial charge in [-0.2, -0.15) is 0 Å². The lowest BCUT2D eigenvalue weighted by Crippen LogP contribution is -2.38. The molecule has 1 aromatic heterocycles. The van der Waals surface area contributed by atoms with Gasteiger partial charge < -0.3 is 5.73 Å². The fraction of sp³-hybridized carbons (Fsp3) is 0.333. The first-order valence-corrected chi connectivity index (χ1v) is 6.91. The molecule has 1 amide bonds. The summed E-state index contributed by atoms with van der Waals surface area (Å²) in [5, 5.41) is 1.70. The topological polar surface area (TPSA) is 59.2 Å². The average molecular weight is 292 g/mol. The van der Waals surface area contributed by atoms with Gasteiger partial charge in [0.05, 0.1) is 12.1 Å². The predicted molar refractivity (Wildman–Crippen MR) is 81.5 cm³/mol. The van der Waals surface area contributed by atoms with Crippen molar-refractivity contribution in [3.05, 3.63) is 41.0 Å². The third kappa shape index (κ3) is 3.26. The van der Waals surface area contributed by atoms with Gasteiger partial charge in [0.15, 0.2) is 0 Å². The smallest absolute Gasteiger partial charge is 0.231 e. The lowest BCUT2D eigenvalue weighted by atomic mass is 10.1. The Bertz CT molecular complexity index is 628. The van der Waals surface area contributed by atoms with E-state index in [1.807, 2.05) is 43.0 Å². The van der Waals surface area contributed by atoms with E-state index in [1.165, 1.54) is 0 Å². The van der Waals surface area contributed by atoms with Crippen LogP contribution in [0.1, 0.15) is 19.4 Å². The maximum Gasteiger partial charge on any atom is 0.231 e. The summed E-state index contributed by atoms with van der Waals surface area (Å²) < 4.78 is 0. The zero-order chi connectivity index (χ0) is 14.7. The van der Waals surface area contributed by atoms with E-state index in [0.717, 1.165) is 16.5 Å². The molecule has 2 N–H and O–H groups in total. The van der Waals surface area contributed by atoms with Gasteiger partial charge in [0, 0.05) is 34.8 Å². The van der Waals surface area contributed by atoms with Gasteiger partial charge in [-0.05, 0) is 26.0 Å². The van der Waals surface area contributed by atoms with Gasteiger partial charge in [0.2, 0.25) is 5.91 Å². The number of pyridine rings is 1. The molecule has 4 nitrogen and oxygen atoms in total. The summed E-state index contributed by atoms with van der Waals surface area (Å²) in [4.78, 5) is 17.6. The molecule has 0 aliphatic carbocycles. The number of hydrogen-bond acceptors (Lipinski definition) is 3. The van der Waals surface area contributed by atoms with Crippen LogP contribution >= 0.6 is 11.6 Å². The van der Waals surface area contributed by atoms with E-state index in [-0.39, 0.29) is 18.5 Å². The predicted octanol–water partition coefficient (Wildman–Crippen LogP) is 2.58. The Kier molecular flexibility index (Phi) is 4.57. The van der Waals surface area contributed by atoms with E-state index in [4.69, 9.17) is 17.3 Å². The van der Waals surface area contributed by atoms with Crippen LogP contribution in [0.25, 0.3) is 10.9 Å². The molecule has 0 saturated heterocycles. The minimum atomic E-state index is -0.344. The number of amides is 1. The second kappa shape index (κ2) is 6.20. The molecule has 0 atom stereocenters. The Labute approximate surface area is 123 Å². The maximum absolute atomic E-state index is 11.2. The SMILES string of the molecule is CC(C)N(CC(N)=O)Cc1c(Cl)ccc2cccnc12. The van der Waals surface area contributed by atoms with Gasteiger partial charge in [-0.15, -0.1) is 0 Å². The molecule has 0 radical (unpaired) electrons. The number of aromatic nitrogens is 1. The highest BCUT2D eigenvalue weighted by Crippen LogP contribution is 2.26. The third-order valence-corrected chi connectivity index (χ3v) is 3.63. The average Bonchev–Trinajstić information content (AvgIpc) is 2.40. The molecular formula is C15H18ClN3O. The monoisotopic (exact) mass is 291 g/mol. The quantitative estimate of drug-likeness (QED) is 0.921. The number of hydrogen-bond donors (Lipinski definition) is 1. The zero-order valence-corrected chi connectivity index (χ0v) is 12.4. The Morgan fingerprint density at radius 2 is 2.15 bits per heavy atom. The Hall–Kier alpha value is -1.65. The Morgan fingerprint density at radius 1 is 1.40 bits per heavy atom. The van der Waals surface area contributed by atoms with Crippen molar-refractivity contribution in [3.63, 3.8) is 0 Å². The molecule has 0 unspecified atom stereocenters. The van der Waals surface area contributed by atoms with Gasteiger partial charge >= 0.3 is 0 Å². The summed E-state index contributed by atoms with van der Waals surface area (Å²) >= 11 is 6.31. The van der Waals surface area contributed by atoms with Gasteiger partial charge in [-0.3, -0.25) is 14.7 Å². The Balaban J connectivity index is 2.41. The van der Waals surface area contributed by atoms with E-state index in [0.29, 0.717) is 11.6 Å². The summed E-state index contributed by atoms with van der Waals surface area (Å²) in [5.41, 5.74) is 7.11. The fourth-order valence-electron chi connectivity index (χ4n) is 2.16. The zero-order valence-electron chi connectivity index (χ0n) is 11.6. The number of halogens is 1. The summed E-state index contributed by atoms with van der Waals surface area (Å²) in [6.07, 6.45) is 1.75. The largest absolute Gasteiger partial charge is 0.369 e. The van der Waals surface area contributed by atoms with Crippen LogP contribution < -0.4 is 5.73 Å². The summed E-state index contributed by atoms with van der Waals surface area (Å²) in [5.74, 6) is -0.344. The molecule has 2 rings (SSSR count). The van der Waals surface area contributed by atoms with Crippen molar-refractivity contribution < 1.29 is 4.79 Å². The van der Waals surface area contributed by atoms with Crippen molar-refractivity contribution in [1.29, 1.82) is 0 Å². The van der Waals surface area contributed by atoms with Crippen LogP contribution in [0, 0.1) is 0 Å². The first kappa shape index (κ1) is 14.8. The van der Waals surface area contributed by atoms with Crippen LogP contribution in [0.5, 0.6) is 0 Å². The first-order chi connectivity index (χ1) is 9.49. The number of carbonyl (C=O) groups excluding carboxylic acids is 1. The van der Waals surface area contributed by atoms with Gasteiger partial charge in [0.1, 0.15) is 0 Å². The molecule has 0 fully saturated rings. The molecule has 0 aliphatic heterocycles. The van der Waals surface area contributed by atoms with E-state index < -0.39 is 0 Å². The van der Waals surface area contributed by atoms with Crippen molar-refractivity contribution in [2.45, 2.75) is 26.4 Å². The molecule has 0 spiro atoms. The molecule has 5 heteroatoms. The van der Waals surface area contributed by atoms with Crippen molar-refractivity contribution in [3.8, 4) is 0 Å². The van der Waals surface area contributed by atoms with Crippen LogP contribution in [0.3, 0.4) is 0 Å². The second-order valence-electron chi connectivity index (χ2n) is 5.07. The number of benzene rings is 1. The Morgan fingerprint density at radius 3 is 2.80 bits per heavy atom. The number of nitrogens with zero attached hydrogens (tertiary/aromatic N) is 2. The lowest BCUT2D eigenvalue weighted by molar-refractivity contribution is -0.119. The van der Waals surface area contributed by atoms with Gasteiger partial charge in [-0.25, -0.2) is 0 Å². The molecule has 0 aliphatic rings. The second-order valence-corrected chi connectivity index (χ2v) is 5.47. The van der Waals surface area contributed by atoms with Crippen LogP contribution in [-0.4, -0.2) is 28.4 Å². The number of nitrogens with two attached hydrogens (primary N) is 1. The highest BCUT2D eigenvalue weighted by molar-refractivity contribution is 6.32. The van der Waals surface area contributed by atoms with Crippen molar-refractivity contribution >= 4 is 28.4 Å². The van der Waals surface area contributed by atoms with Gasteiger partial charge in [0.25, 0.3) is 0 Å². The number of rotatable bonds is 5. The highest BCUT2D eigenvalue weighted by atomic mass is 35.5. The van der Waals surface area contributed by atoms with Crippen LogP contribution in [0.4, 0.5) is 0 Å². The van der Waals surface area contributed by atoms with Crippen LogP contribution in [0.2, 0.25) is 5.02 Å². The van der Waals surface area contributed by atoms with E-state index in [9.17, 15) is 4.79 Å². The molecule has 20 heavy (non-hydrogen) atoms. The first-order valence-electron chi connectivity index (χ1n) is 6.53. The fourth-order valence-corrected chi connectivity index (χ4v) is 2.37.